The molecule has 2 saturated heterocycles. The lowest BCUT2D eigenvalue weighted by atomic mass is 9.90. The molecule has 0 aromatic heterocycles. The van der Waals surface area contributed by atoms with E-state index in [0.717, 1.165) is 51.7 Å². The highest BCUT2D eigenvalue weighted by molar-refractivity contribution is 5.85. The van der Waals surface area contributed by atoms with Crippen molar-refractivity contribution in [2.24, 2.45) is 5.92 Å². The molecule has 1 aromatic rings. The van der Waals surface area contributed by atoms with Gasteiger partial charge in [0.05, 0.1) is 6.54 Å². The maximum Gasteiger partial charge on any atom is 0.242 e. The highest BCUT2D eigenvalue weighted by Crippen LogP contribution is 2.23. The Bertz CT molecular complexity index is 614. The molecule has 2 amide bonds. The second-order valence-corrected chi connectivity index (χ2v) is 7.59. The van der Waals surface area contributed by atoms with Gasteiger partial charge in [0.15, 0.2) is 0 Å². The molecule has 2 aliphatic heterocycles. The van der Waals surface area contributed by atoms with Gasteiger partial charge >= 0.3 is 0 Å². The average Bonchev–Trinajstić information content (AvgIpc) is 2.63. The third-order valence-electron chi connectivity index (χ3n) is 5.70. The van der Waals surface area contributed by atoms with Crippen molar-refractivity contribution in [3.05, 3.63) is 35.4 Å². The summed E-state index contributed by atoms with van der Waals surface area (Å²) in [5, 5.41) is 0. The first-order valence-electron chi connectivity index (χ1n) is 9.73. The van der Waals surface area contributed by atoms with Gasteiger partial charge in [-0.2, -0.15) is 0 Å². The van der Waals surface area contributed by atoms with E-state index in [0.29, 0.717) is 12.3 Å². The minimum absolute atomic E-state index is 0.135. The van der Waals surface area contributed by atoms with Crippen LogP contribution in [-0.4, -0.2) is 47.8 Å². The second-order valence-electron chi connectivity index (χ2n) is 7.59. The summed E-state index contributed by atoms with van der Waals surface area (Å²) in [6.45, 7) is 4.90. The number of rotatable bonds is 5. The van der Waals surface area contributed by atoms with Crippen molar-refractivity contribution in [3.8, 4) is 0 Å². The monoisotopic (exact) mass is 342 g/mol. The molecule has 0 spiro atoms. The third kappa shape index (κ3) is 4.83. The van der Waals surface area contributed by atoms with Gasteiger partial charge in [0.2, 0.25) is 11.8 Å². The van der Waals surface area contributed by atoms with Crippen molar-refractivity contribution in [1.82, 2.24) is 9.80 Å². The van der Waals surface area contributed by atoms with Crippen LogP contribution < -0.4 is 0 Å². The fourth-order valence-electron chi connectivity index (χ4n) is 4.07. The molecule has 0 bridgehead atoms. The molecule has 1 unspecified atom stereocenters. The Hall–Kier alpha value is -1.84. The minimum Gasteiger partial charge on any atom is -0.341 e. The molecule has 4 heteroatoms. The van der Waals surface area contributed by atoms with Crippen molar-refractivity contribution in [1.29, 1.82) is 0 Å². The molecule has 2 aliphatic rings. The zero-order chi connectivity index (χ0) is 17.6. The SMILES string of the molecule is Cc1ccccc1CCC1CCCN(C(=O)CN2CCCCC2=O)C1. The number of amides is 2. The molecule has 3 rings (SSSR count). The van der Waals surface area contributed by atoms with Crippen LogP contribution in [0.2, 0.25) is 0 Å². The summed E-state index contributed by atoms with van der Waals surface area (Å²) in [4.78, 5) is 28.3. The average molecular weight is 342 g/mol. The quantitative estimate of drug-likeness (QED) is 0.824. The van der Waals surface area contributed by atoms with Crippen molar-refractivity contribution in [2.45, 2.75) is 51.9 Å². The van der Waals surface area contributed by atoms with Gasteiger partial charge in [-0.1, -0.05) is 24.3 Å². The van der Waals surface area contributed by atoms with E-state index < -0.39 is 0 Å². The summed E-state index contributed by atoms with van der Waals surface area (Å²) in [6, 6.07) is 8.57. The predicted octanol–water partition coefficient (Wildman–Crippen LogP) is 3.18. The highest BCUT2D eigenvalue weighted by Gasteiger charge is 2.27. The normalized spacial score (nSPS) is 21.5. The summed E-state index contributed by atoms with van der Waals surface area (Å²) < 4.78 is 0. The van der Waals surface area contributed by atoms with Gasteiger partial charge < -0.3 is 9.80 Å². The Morgan fingerprint density at radius 2 is 2.00 bits per heavy atom. The van der Waals surface area contributed by atoms with E-state index in [-0.39, 0.29) is 18.4 Å². The Morgan fingerprint density at radius 1 is 1.16 bits per heavy atom. The fraction of sp³-hybridized carbons (Fsp3) is 0.619. The van der Waals surface area contributed by atoms with Crippen LogP contribution in [0.3, 0.4) is 0 Å². The second kappa shape index (κ2) is 8.50. The van der Waals surface area contributed by atoms with Gasteiger partial charge in [0.25, 0.3) is 0 Å². The van der Waals surface area contributed by atoms with Crippen LogP contribution in [-0.2, 0) is 16.0 Å². The van der Waals surface area contributed by atoms with Crippen LogP contribution in [0.4, 0.5) is 0 Å². The summed E-state index contributed by atoms with van der Waals surface area (Å²) in [5.41, 5.74) is 2.78. The lowest BCUT2D eigenvalue weighted by molar-refractivity contribution is -0.142. The van der Waals surface area contributed by atoms with E-state index in [1.54, 1.807) is 4.90 Å². The van der Waals surface area contributed by atoms with Gasteiger partial charge in [-0.25, -0.2) is 0 Å². The molecule has 2 fully saturated rings. The number of likely N-dealkylation sites (tertiary alicyclic amines) is 2. The van der Waals surface area contributed by atoms with Gasteiger partial charge in [-0.15, -0.1) is 0 Å². The Morgan fingerprint density at radius 3 is 2.80 bits per heavy atom. The summed E-state index contributed by atoms with van der Waals surface area (Å²) in [6.07, 6.45) is 7.11. The van der Waals surface area contributed by atoms with E-state index in [1.165, 1.54) is 17.5 Å². The fourth-order valence-corrected chi connectivity index (χ4v) is 4.07. The lowest BCUT2D eigenvalue weighted by Gasteiger charge is -2.35. The van der Waals surface area contributed by atoms with Crippen molar-refractivity contribution in [2.75, 3.05) is 26.2 Å². The molecule has 1 atom stereocenters. The largest absolute Gasteiger partial charge is 0.341 e. The molecule has 25 heavy (non-hydrogen) atoms. The van der Waals surface area contributed by atoms with Crippen molar-refractivity contribution >= 4 is 11.8 Å². The van der Waals surface area contributed by atoms with Gasteiger partial charge in [-0.05, 0) is 62.5 Å². The first-order valence-corrected chi connectivity index (χ1v) is 9.73. The molecule has 0 N–H and O–H groups in total. The zero-order valence-corrected chi connectivity index (χ0v) is 15.4. The zero-order valence-electron chi connectivity index (χ0n) is 15.4. The topological polar surface area (TPSA) is 40.6 Å². The number of carbonyl (C=O) groups is 2. The molecule has 4 nitrogen and oxygen atoms in total. The van der Waals surface area contributed by atoms with Crippen LogP contribution >= 0.6 is 0 Å². The van der Waals surface area contributed by atoms with E-state index in [4.69, 9.17) is 0 Å². The number of hydrogen-bond acceptors (Lipinski definition) is 2. The van der Waals surface area contributed by atoms with E-state index in [9.17, 15) is 9.59 Å². The molecule has 1 aromatic carbocycles. The van der Waals surface area contributed by atoms with Crippen LogP contribution in [0.1, 0.15) is 49.7 Å². The van der Waals surface area contributed by atoms with Crippen LogP contribution in [0.5, 0.6) is 0 Å². The number of hydrogen-bond donors (Lipinski definition) is 0. The minimum atomic E-state index is 0.135. The number of carbonyl (C=O) groups excluding carboxylic acids is 2. The number of nitrogens with zero attached hydrogens (tertiary/aromatic N) is 2. The Kier molecular flexibility index (Phi) is 6.11. The Balaban J connectivity index is 1.49. The summed E-state index contributed by atoms with van der Waals surface area (Å²) >= 11 is 0. The van der Waals surface area contributed by atoms with Crippen LogP contribution in [0.15, 0.2) is 24.3 Å². The highest BCUT2D eigenvalue weighted by atomic mass is 16.2. The molecular weight excluding hydrogens is 312 g/mol. The molecule has 0 aliphatic carbocycles. The number of piperidine rings is 2. The van der Waals surface area contributed by atoms with Crippen LogP contribution in [0.25, 0.3) is 0 Å². The smallest absolute Gasteiger partial charge is 0.242 e. The predicted molar refractivity (Wildman–Crippen MR) is 99.2 cm³/mol. The maximum absolute atomic E-state index is 12.6. The number of benzene rings is 1. The standard InChI is InChI=1S/C21H30N2O2/c1-17-7-2-3-9-19(17)12-11-18-8-6-14-22(15-18)21(25)16-23-13-5-4-10-20(23)24/h2-3,7,9,18H,4-6,8,10-16H2,1H3. The van der Waals surface area contributed by atoms with Gasteiger partial charge in [0, 0.05) is 26.1 Å². The van der Waals surface area contributed by atoms with E-state index >= 15 is 0 Å². The Labute approximate surface area is 151 Å². The molecule has 2 heterocycles. The molecule has 136 valence electrons. The van der Waals surface area contributed by atoms with Gasteiger partial charge in [0.1, 0.15) is 0 Å². The number of aryl methyl sites for hydroxylation is 2. The van der Waals surface area contributed by atoms with Crippen molar-refractivity contribution in [3.63, 3.8) is 0 Å². The summed E-state index contributed by atoms with van der Waals surface area (Å²) in [7, 11) is 0. The van der Waals surface area contributed by atoms with E-state index in [2.05, 4.69) is 31.2 Å². The molecule has 0 saturated carbocycles. The van der Waals surface area contributed by atoms with Crippen LogP contribution in [0, 0.1) is 12.8 Å². The van der Waals surface area contributed by atoms with Gasteiger partial charge in [-0.3, -0.25) is 9.59 Å². The van der Waals surface area contributed by atoms with E-state index in [1.807, 2.05) is 4.90 Å². The third-order valence-corrected chi connectivity index (χ3v) is 5.70. The first kappa shape index (κ1) is 18.0. The first-order chi connectivity index (χ1) is 12.1. The molecular formula is C21H30N2O2. The summed E-state index contributed by atoms with van der Waals surface area (Å²) in [5.74, 6) is 0.859. The molecule has 0 radical (unpaired) electrons. The maximum atomic E-state index is 12.6. The lowest BCUT2D eigenvalue weighted by Crippen LogP contribution is -2.47. The van der Waals surface area contributed by atoms with Crippen molar-refractivity contribution < 1.29 is 9.59 Å².